The van der Waals surface area contributed by atoms with Gasteiger partial charge in [-0.2, -0.15) is 0 Å². The highest BCUT2D eigenvalue weighted by Gasteiger charge is 2.46. The molecule has 9 nitrogen and oxygen atoms in total. The summed E-state index contributed by atoms with van der Waals surface area (Å²) in [7, 11) is 7.37. The summed E-state index contributed by atoms with van der Waals surface area (Å²) in [6.07, 6.45) is 0.100. The van der Waals surface area contributed by atoms with Crippen LogP contribution in [0.4, 0.5) is 0 Å². The molecule has 0 unspecified atom stereocenters. The first kappa shape index (κ1) is 25.5. The molecule has 3 rings (SSSR count). The molecule has 0 aliphatic heterocycles. The number of benzene rings is 2. The van der Waals surface area contributed by atoms with Gasteiger partial charge in [0.1, 0.15) is 0 Å². The van der Waals surface area contributed by atoms with Crippen LogP contribution in [0.15, 0.2) is 12.1 Å². The molecule has 0 saturated heterocycles. The molecule has 34 heavy (non-hydrogen) atoms. The average Bonchev–Trinajstić information content (AvgIpc) is 2.77. The first-order valence-corrected chi connectivity index (χ1v) is 10.7. The largest absolute Gasteiger partial charge is 0.493 e. The minimum atomic E-state index is -1.54. The lowest BCUT2D eigenvalue weighted by Crippen LogP contribution is -2.53. The number of fused-ring (bicyclic) bond motifs is 3. The summed E-state index contributed by atoms with van der Waals surface area (Å²) < 4.78 is 33.7. The van der Waals surface area contributed by atoms with Crippen molar-refractivity contribution in [2.45, 2.75) is 44.8 Å². The number of hydrogen-bond acceptors (Lipinski definition) is 9. The number of carbonyl (C=O) groups excluding carboxylic acids is 1. The molecule has 2 aromatic carbocycles. The lowest BCUT2D eigenvalue weighted by Gasteiger charge is -2.42. The third-order valence-electron chi connectivity index (χ3n) is 6.34. The Morgan fingerprint density at radius 1 is 0.706 bits per heavy atom. The van der Waals surface area contributed by atoms with Crippen molar-refractivity contribution in [1.29, 1.82) is 0 Å². The van der Waals surface area contributed by atoms with Crippen molar-refractivity contribution in [2.24, 2.45) is 0 Å². The summed E-state index contributed by atoms with van der Waals surface area (Å²) in [6, 6.07) is 3.39. The number of aliphatic hydroxyl groups is 2. The van der Waals surface area contributed by atoms with E-state index in [0.717, 1.165) is 0 Å². The van der Waals surface area contributed by atoms with Gasteiger partial charge in [0.05, 0.1) is 46.8 Å². The molecule has 0 radical (unpaired) electrons. The fraction of sp³-hybridized carbons (Fsp3) is 0.480. The minimum Gasteiger partial charge on any atom is -0.493 e. The molecule has 9 heteroatoms. The zero-order valence-corrected chi connectivity index (χ0v) is 20.8. The second kappa shape index (κ2) is 9.23. The van der Waals surface area contributed by atoms with Crippen molar-refractivity contribution in [1.82, 2.24) is 0 Å². The first-order chi connectivity index (χ1) is 16.0. The zero-order valence-electron chi connectivity index (χ0n) is 20.8. The highest BCUT2D eigenvalue weighted by Crippen LogP contribution is 2.56. The number of ether oxygens (including phenoxy) is 6. The quantitative estimate of drug-likeness (QED) is 0.480. The lowest BCUT2D eigenvalue weighted by atomic mass is 9.72. The Balaban J connectivity index is 2.58. The molecule has 2 aromatic rings. The maximum Gasteiger partial charge on any atom is 0.308 e. The van der Waals surface area contributed by atoms with Crippen LogP contribution < -0.4 is 28.4 Å². The lowest BCUT2D eigenvalue weighted by molar-refractivity contribution is -0.132. The Kier molecular flexibility index (Phi) is 6.91. The second-order valence-corrected chi connectivity index (χ2v) is 8.65. The predicted molar refractivity (Wildman–Crippen MR) is 125 cm³/mol. The molecule has 0 bridgehead atoms. The predicted octanol–water partition coefficient (Wildman–Crippen LogP) is 2.92. The van der Waals surface area contributed by atoms with Crippen LogP contribution in [-0.2, 0) is 17.6 Å². The van der Waals surface area contributed by atoms with Crippen LogP contribution >= 0.6 is 0 Å². The van der Waals surface area contributed by atoms with Crippen molar-refractivity contribution in [3.63, 3.8) is 0 Å². The summed E-state index contributed by atoms with van der Waals surface area (Å²) in [5.74, 6) is 1.06. The van der Waals surface area contributed by atoms with E-state index in [4.69, 9.17) is 28.4 Å². The standard InChI is InChI=1S/C25H32O9/c1-13(26)34-21-17(30-5)10-15-12-25(3,28)24(2,27)11-14-9-16(29-4)20(31-6)22(32-7)18(14)19(15)23(21)33-8/h9-10,27-28H,11-12H2,1-8H3/t24-,25+/m1/s1. The van der Waals surface area contributed by atoms with Gasteiger partial charge in [-0.3, -0.25) is 4.79 Å². The molecule has 0 aromatic heterocycles. The highest BCUT2D eigenvalue weighted by atomic mass is 16.6. The highest BCUT2D eigenvalue weighted by molar-refractivity contribution is 5.89. The van der Waals surface area contributed by atoms with Gasteiger partial charge in [-0.25, -0.2) is 0 Å². The monoisotopic (exact) mass is 476 g/mol. The third kappa shape index (κ3) is 4.10. The van der Waals surface area contributed by atoms with Crippen molar-refractivity contribution in [3.8, 4) is 45.6 Å². The summed E-state index contributed by atoms with van der Waals surface area (Å²) >= 11 is 0. The van der Waals surface area contributed by atoms with E-state index < -0.39 is 17.2 Å². The molecule has 186 valence electrons. The molecule has 2 atom stereocenters. The van der Waals surface area contributed by atoms with Crippen LogP contribution in [0.25, 0.3) is 11.1 Å². The fourth-order valence-corrected chi connectivity index (χ4v) is 4.41. The molecular formula is C25H32O9. The van der Waals surface area contributed by atoms with Crippen LogP contribution in [0.3, 0.4) is 0 Å². The summed E-state index contributed by atoms with van der Waals surface area (Å²) in [6.45, 7) is 4.42. The van der Waals surface area contributed by atoms with E-state index in [-0.39, 0.29) is 30.1 Å². The SMILES string of the molecule is COc1cc2c(c(OC)c1OC)-c1c(cc(OC)c(OC(C)=O)c1OC)C[C@](C)(O)[C@](C)(O)C2. The van der Waals surface area contributed by atoms with Crippen LogP contribution in [0.1, 0.15) is 31.9 Å². The van der Waals surface area contributed by atoms with E-state index in [1.165, 1.54) is 42.5 Å². The van der Waals surface area contributed by atoms with E-state index in [2.05, 4.69) is 0 Å². The number of hydrogen-bond donors (Lipinski definition) is 2. The Labute approximate surface area is 199 Å². The van der Waals surface area contributed by atoms with Gasteiger partial charge in [-0.05, 0) is 37.1 Å². The van der Waals surface area contributed by atoms with Gasteiger partial charge in [0.2, 0.25) is 11.5 Å². The zero-order chi connectivity index (χ0) is 25.4. The Morgan fingerprint density at radius 2 is 1.09 bits per heavy atom. The van der Waals surface area contributed by atoms with Gasteiger partial charge in [0.15, 0.2) is 23.0 Å². The first-order valence-electron chi connectivity index (χ1n) is 10.7. The number of carbonyl (C=O) groups is 1. The van der Waals surface area contributed by atoms with Crippen molar-refractivity contribution in [2.75, 3.05) is 35.5 Å². The van der Waals surface area contributed by atoms with Crippen LogP contribution in [0.5, 0.6) is 34.5 Å². The topological polar surface area (TPSA) is 113 Å². The number of esters is 1. The molecule has 0 fully saturated rings. The van der Waals surface area contributed by atoms with Gasteiger partial charge >= 0.3 is 5.97 Å². The van der Waals surface area contributed by atoms with Crippen LogP contribution in [-0.4, -0.2) is 62.9 Å². The second-order valence-electron chi connectivity index (χ2n) is 8.65. The summed E-state index contributed by atoms with van der Waals surface area (Å²) in [4.78, 5) is 11.9. The minimum absolute atomic E-state index is 0.0410. The molecule has 0 saturated carbocycles. The molecule has 0 heterocycles. The molecule has 0 spiro atoms. The Bertz CT molecular complexity index is 1100. The van der Waals surface area contributed by atoms with Crippen molar-refractivity contribution in [3.05, 3.63) is 23.3 Å². The normalized spacial score (nSPS) is 21.4. The van der Waals surface area contributed by atoms with Gasteiger partial charge < -0.3 is 38.6 Å². The van der Waals surface area contributed by atoms with Crippen LogP contribution in [0, 0.1) is 0 Å². The Morgan fingerprint density at radius 3 is 1.44 bits per heavy atom. The van der Waals surface area contributed by atoms with E-state index in [0.29, 0.717) is 39.5 Å². The van der Waals surface area contributed by atoms with Gasteiger partial charge in [-0.1, -0.05) is 0 Å². The molecule has 1 aliphatic carbocycles. The van der Waals surface area contributed by atoms with E-state index >= 15 is 0 Å². The van der Waals surface area contributed by atoms with Gasteiger partial charge in [0, 0.05) is 30.9 Å². The van der Waals surface area contributed by atoms with Crippen molar-refractivity contribution < 1.29 is 43.4 Å². The van der Waals surface area contributed by atoms with E-state index in [1.54, 1.807) is 26.0 Å². The molecule has 0 amide bonds. The summed E-state index contributed by atoms with van der Waals surface area (Å²) in [5, 5.41) is 22.7. The molecule has 1 aliphatic rings. The number of methoxy groups -OCH3 is 5. The smallest absolute Gasteiger partial charge is 0.308 e. The summed E-state index contributed by atoms with van der Waals surface area (Å²) in [5.41, 5.74) is -0.806. The van der Waals surface area contributed by atoms with Crippen molar-refractivity contribution >= 4 is 5.97 Å². The van der Waals surface area contributed by atoms with E-state index in [9.17, 15) is 15.0 Å². The van der Waals surface area contributed by atoms with E-state index in [1.807, 2.05) is 0 Å². The Hall–Kier alpha value is -3.17. The third-order valence-corrected chi connectivity index (χ3v) is 6.34. The van der Waals surface area contributed by atoms with Gasteiger partial charge in [-0.15, -0.1) is 0 Å². The van der Waals surface area contributed by atoms with Crippen LogP contribution in [0.2, 0.25) is 0 Å². The maximum absolute atomic E-state index is 11.9. The maximum atomic E-state index is 11.9. The molecular weight excluding hydrogens is 444 g/mol. The fourth-order valence-electron chi connectivity index (χ4n) is 4.41. The average molecular weight is 477 g/mol. The van der Waals surface area contributed by atoms with Gasteiger partial charge in [0.25, 0.3) is 0 Å². The molecule has 2 N–H and O–H groups in total. The number of rotatable bonds is 6.